The Morgan fingerprint density at radius 1 is 1.21 bits per heavy atom. The van der Waals surface area contributed by atoms with E-state index in [1.165, 1.54) is 5.56 Å². The average Bonchev–Trinajstić information content (AvgIpc) is 2.33. The summed E-state index contributed by atoms with van der Waals surface area (Å²) < 4.78 is 5.31. The van der Waals surface area contributed by atoms with Gasteiger partial charge in [0.1, 0.15) is 5.78 Å². The van der Waals surface area contributed by atoms with Gasteiger partial charge >= 0.3 is 5.97 Å². The number of Topliss-reactive ketones (excluding diaryl/α,β-unsaturated/α-hetero) is 1. The summed E-state index contributed by atoms with van der Waals surface area (Å²) in [4.78, 5) is 22.8. The maximum Gasteiger partial charge on any atom is 0.308 e. The standard InChI is InChI=1S/C16H18O3/c17-14-10-16(11-14)8-13(9-16)15(18)19-7-6-12-4-2-1-3-5-12/h1-5,13H,6-11H2. The lowest BCUT2D eigenvalue weighted by atomic mass is 9.51. The summed E-state index contributed by atoms with van der Waals surface area (Å²) in [6.45, 7) is 0.450. The van der Waals surface area contributed by atoms with E-state index in [9.17, 15) is 9.59 Å². The summed E-state index contributed by atoms with van der Waals surface area (Å²) in [6, 6.07) is 10.0. The molecule has 0 atom stereocenters. The van der Waals surface area contributed by atoms with Gasteiger partial charge in [-0.05, 0) is 23.8 Å². The second-order valence-corrected chi connectivity index (χ2v) is 5.90. The van der Waals surface area contributed by atoms with E-state index in [-0.39, 0.29) is 17.3 Å². The minimum Gasteiger partial charge on any atom is -0.465 e. The smallest absolute Gasteiger partial charge is 0.308 e. The van der Waals surface area contributed by atoms with Crippen LogP contribution < -0.4 is 0 Å². The Morgan fingerprint density at radius 2 is 1.89 bits per heavy atom. The highest BCUT2D eigenvalue weighted by Crippen LogP contribution is 2.57. The van der Waals surface area contributed by atoms with Crippen LogP contribution in [0.3, 0.4) is 0 Å². The van der Waals surface area contributed by atoms with Crippen LogP contribution in [-0.2, 0) is 20.7 Å². The SMILES string of the molecule is O=C1CC2(C1)CC(C(=O)OCCc1ccccc1)C2. The van der Waals surface area contributed by atoms with E-state index >= 15 is 0 Å². The normalized spacial score (nSPS) is 20.7. The van der Waals surface area contributed by atoms with Crippen molar-refractivity contribution in [3.8, 4) is 0 Å². The number of hydrogen-bond acceptors (Lipinski definition) is 3. The van der Waals surface area contributed by atoms with Crippen molar-refractivity contribution in [2.75, 3.05) is 6.61 Å². The Labute approximate surface area is 113 Å². The number of carbonyl (C=O) groups excluding carboxylic acids is 2. The molecule has 0 unspecified atom stereocenters. The molecule has 0 heterocycles. The van der Waals surface area contributed by atoms with Crippen LogP contribution in [0, 0.1) is 11.3 Å². The monoisotopic (exact) mass is 258 g/mol. The molecule has 19 heavy (non-hydrogen) atoms. The zero-order valence-electron chi connectivity index (χ0n) is 10.9. The van der Waals surface area contributed by atoms with Crippen LogP contribution in [0.15, 0.2) is 30.3 Å². The molecule has 0 amide bonds. The number of ether oxygens (including phenoxy) is 1. The number of carbonyl (C=O) groups is 2. The highest BCUT2D eigenvalue weighted by atomic mass is 16.5. The fraction of sp³-hybridized carbons (Fsp3) is 0.500. The highest BCUT2D eigenvalue weighted by molar-refractivity contribution is 5.87. The van der Waals surface area contributed by atoms with Crippen molar-refractivity contribution in [1.29, 1.82) is 0 Å². The van der Waals surface area contributed by atoms with Gasteiger partial charge in [0.25, 0.3) is 0 Å². The van der Waals surface area contributed by atoms with E-state index in [1.54, 1.807) is 0 Å². The molecule has 0 radical (unpaired) electrons. The summed E-state index contributed by atoms with van der Waals surface area (Å²) >= 11 is 0. The maximum atomic E-state index is 11.8. The zero-order valence-corrected chi connectivity index (χ0v) is 10.9. The fourth-order valence-electron chi connectivity index (χ4n) is 3.26. The van der Waals surface area contributed by atoms with Crippen molar-refractivity contribution in [2.24, 2.45) is 11.3 Å². The van der Waals surface area contributed by atoms with Crippen molar-refractivity contribution >= 4 is 11.8 Å². The molecular weight excluding hydrogens is 240 g/mol. The molecular formula is C16H18O3. The molecule has 100 valence electrons. The van der Waals surface area contributed by atoms with Crippen LogP contribution in [0.2, 0.25) is 0 Å². The van der Waals surface area contributed by atoms with Crippen molar-refractivity contribution < 1.29 is 14.3 Å². The van der Waals surface area contributed by atoms with E-state index in [1.807, 2.05) is 30.3 Å². The highest BCUT2D eigenvalue weighted by Gasteiger charge is 2.55. The molecule has 1 spiro atoms. The number of benzene rings is 1. The van der Waals surface area contributed by atoms with E-state index in [4.69, 9.17) is 4.74 Å². The lowest BCUT2D eigenvalue weighted by molar-refractivity contribution is -0.165. The van der Waals surface area contributed by atoms with Crippen LogP contribution >= 0.6 is 0 Å². The Balaban J connectivity index is 1.38. The van der Waals surface area contributed by atoms with E-state index in [0.717, 1.165) is 19.3 Å². The average molecular weight is 258 g/mol. The van der Waals surface area contributed by atoms with Crippen LogP contribution in [0.4, 0.5) is 0 Å². The largest absolute Gasteiger partial charge is 0.465 e. The predicted molar refractivity (Wildman–Crippen MR) is 70.5 cm³/mol. The van der Waals surface area contributed by atoms with E-state index < -0.39 is 0 Å². The summed E-state index contributed by atoms with van der Waals surface area (Å²) in [5.74, 6) is 0.292. The Hall–Kier alpha value is -1.64. The first kappa shape index (κ1) is 12.4. The fourth-order valence-corrected chi connectivity index (χ4v) is 3.26. The van der Waals surface area contributed by atoms with E-state index in [2.05, 4.69) is 0 Å². The first-order valence-corrected chi connectivity index (χ1v) is 6.89. The third-order valence-corrected chi connectivity index (χ3v) is 4.31. The van der Waals surface area contributed by atoms with Crippen molar-refractivity contribution in [3.63, 3.8) is 0 Å². The number of esters is 1. The lowest BCUT2D eigenvalue weighted by Gasteiger charge is -2.51. The Kier molecular flexibility index (Phi) is 3.13. The molecule has 0 N–H and O–H groups in total. The van der Waals surface area contributed by atoms with Gasteiger partial charge in [0, 0.05) is 19.3 Å². The van der Waals surface area contributed by atoms with Gasteiger partial charge in [-0.1, -0.05) is 30.3 Å². The van der Waals surface area contributed by atoms with Gasteiger partial charge in [0.05, 0.1) is 12.5 Å². The molecule has 2 aliphatic rings. The Bertz CT molecular complexity index is 476. The summed E-state index contributed by atoms with van der Waals surface area (Å²) in [5.41, 5.74) is 1.37. The quantitative estimate of drug-likeness (QED) is 0.779. The molecule has 3 heteroatoms. The molecule has 0 aliphatic heterocycles. The first-order valence-electron chi connectivity index (χ1n) is 6.89. The van der Waals surface area contributed by atoms with Crippen molar-refractivity contribution in [1.82, 2.24) is 0 Å². The van der Waals surface area contributed by atoms with Gasteiger partial charge < -0.3 is 4.74 Å². The first-order chi connectivity index (χ1) is 9.17. The topological polar surface area (TPSA) is 43.4 Å². The second kappa shape index (κ2) is 4.80. The zero-order chi connectivity index (χ0) is 13.3. The third kappa shape index (κ3) is 2.55. The maximum absolute atomic E-state index is 11.8. The Morgan fingerprint density at radius 3 is 2.53 bits per heavy atom. The summed E-state index contributed by atoms with van der Waals surface area (Å²) in [7, 11) is 0. The minimum atomic E-state index is -0.0825. The summed E-state index contributed by atoms with van der Waals surface area (Å²) in [6.07, 6.45) is 3.83. The van der Waals surface area contributed by atoms with Gasteiger partial charge in [-0.25, -0.2) is 0 Å². The minimum absolute atomic E-state index is 0.0314. The molecule has 2 aliphatic carbocycles. The molecule has 0 saturated heterocycles. The van der Waals surface area contributed by atoms with Crippen LogP contribution in [0.25, 0.3) is 0 Å². The van der Waals surface area contributed by atoms with Gasteiger partial charge in [-0.2, -0.15) is 0 Å². The predicted octanol–water partition coefficient (Wildman–Crippen LogP) is 2.53. The van der Waals surface area contributed by atoms with Crippen LogP contribution in [0.5, 0.6) is 0 Å². The van der Waals surface area contributed by atoms with Crippen LogP contribution in [0.1, 0.15) is 31.2 Å². The van der Waals surface area contributed by atoms with E-state index in [0.29, 0.717) is 25.2 Å². The van der Waals surface area contributed by atoms with Crippen molar-refractivity contribution in [3.05, 3.63) is 35.9 Å². The van der Waals surface area contributed by atoms with Gasteiger partial charge in [-0.3, -0.25) is 9.59 Å². The number of ketones is 1. The molecule has 3 rings (SSSR count). The molecule has 1 aromatic carbocycles. The molecule has 2 saturated carbocycles. The molecule has 1 aromatic rings. The molecule has 3 nitrogen and oxygen atoms in total. The molecule has 0 aromatic heterocycles. The van der Waals surface area contributed by atoms with Gasteiger partial charge in [0.2, 0.25) is 0 Å². The van der Waals surface area contributed by atoms with Gasteiger partial charge in [0.15, 0.2) is 0 Å². The lowest BCUT2D eigenvalue weighted by Crippen LogP contribution is -2.50. The molecule has 0 bridgehead atoms. The number of hydrogen-bond donors (Lipinski definition) is 0. The van der Waals surface area contributed by atoms with Crippen LogP contribution in [-0.4, -0.2) is 18.4 Å². The second-order valence-electron chi connectivity index (χ2n) is 5.90. The molecule has 2 fully saturated rings. The third-order valence-electron chi connectivity index (χ3n) is 4.31. The summed E-state index contributed by atoms with van der Waals surface area (Å²) in [5, 5.41) is 0. The van der Waals surface area contributed by atoms with Gasteiger partial charge in [-0.15, -0.1) is 0 Å². The number of rotatable bonds is 4. The van der Waals surface area contributed by atoms with Crippen molar-refractivity contribution in [2.45, 2.75) is 32.1 Å².